The summed E-state index contributed by atoms with van der Waals surface area (Å²) in [6, 6.07) is 13.4. The number of aromatic nitrogens is 1. The molecule has 1 unspecified atom stereocenters. The van der Waals surface area contributed by atoms with Gasteiger partial charge in [-0.1, -0.05) is 49.7 Å². The summed E-state index contributed by atoms with van der Waals surface area (Å²) in [6.07, 6.45) is -4.06. The summed E-state index contributed by atoms with van der Waals surface area (Å²) in [6.45, 7) is 6.48. The van der Waals surface area contributed by atoms with E-state index in [9.17, 15) is 23.1 Å². The highest BCUT2D eigenvalue weighted by Gasteiger charge is 2.56. The third-order valence-electron chi connectivity index (χ3n) is 5.70. The molecule has 30 heavy (non-hydrogen) atoms. The van der Waals surface area contributed by atoms with E-state index in [4.69, 9.17) is 0 Å². The van der Waals surface area contributed by atoms with E-state index in [1.807, 2.05) is 32.0 Å². The lowest BCUT2D eigenvalue weighted by Gasteiger charge is -2.39. The van der Waals surface area contributed by atoms with E-state index in [0.29, 0.717) is 10.9 Å². The van der Waals surface area contributed by atoms with Crippen LogP contribution in [0.2, 0.25) is 0 Å². The molecule has 0 amide bonds. The molecule has 1 heterocycles. The van der Waals surface area contributed by atoms with Crippen molar-refractivity contribution in [3.05, 3.63) is 81.6 Å². The van der Waals surface area contributed by atoms with Crippen LogP contribution >= 0.6 is 0 Å². The van der Waals surface area contributed by atoms with Crippen LogP contribution in [-0.4, -0.2) is 21.5 Å². The van der Waals surface area contributed by atoms with Gasteiger partial charge in [-0.25, -0.2) is 0 Å². The number of aliphatic hydroxyl groups is 1. The highest BCUT2D eigenvalue weighted by Crippen LogP contribution is 2.43. The van der Waals surface area contributed by atoms with Crippen LogP contribution in [0.25, 0.3) is 10.9 Å². The molecule has 3 rings (SSSR count). The lowest BCUT2D eigenvalue weighted by atomic mass is 9.73. The van der Waals surface area contributed by atoms with Gasteiger partial charge in [0, 0.05) is 17.6 Å². The predicted molar refractivity (Wildman–Crippen MR) is 113 cm³/mol. The monoisotopic (exact) mass is 417 g/mol. The Bertz CT molecular complexity index is 1130. The molecule has 0 aliphatic carbocycles. The molecule has 3 nitrogen and oxygen atoms in total. The normalized spacial score (nSPS) is 14.7. The Balaban J connectivity index is 2.07. The summed E-state index contributed by atoms with van der Waals surface area (Å²) in [4.78, 5) is 12.1. The van der Waals surface area contributed by atoms with E-state index < -0.39 is 30.2 Å². The van der Waals surface area contributed by atoms with Gasteiger partial charge in [0.25, 0.3) is 0 Å². The number of hydrogen-bond acceptors (Lipinski definition) is 2. The van der Waals surface area contributed by atoms with Crippen molar-refractivity contribution in [2.75, 3.05) is 0 Å². The van der Waals surface area contributed by atoms with E-state index in [1.54, 1.807) is 38.1 Å². The SMILES string of the molecule is Cc1ccc(C)c(C(C)(C)CC(O)(Cn2ccc(=O)c3ccccc32)C(F)(F)F)c1. The van der Waals surface area contributed by atoms with Crippen LogP contribution in [0.4, 0.5) is 13.2 Å². The zero-order chi connectivity index (χ0) is 22.3. The molecule has 1 atom stereocenters. The molecule has 0 aliphatic heterocycles. The summed E-state index contributed by atoms with van der Waals surface area (Å²) >= 11 is 0. The molecule has 6 heteroatoms. The maximum Gasteiger partial charge on any atom is 0.418 e. The van der Waals surface area contributed by atoms with Crippen molar-refractivity contribution in [1.82, 2.24) is 4.57 Å². The first-order valence-corrected chi connectivity index (χ1v) is 9.79. The fourth-order valence-electron chi connectivity index (χ4n) is 4.22. The molecular weight excluding hydrogens is 391 g/mol. The first-order chi connectivity index (χ1) is 13.8. The molecule has 160 valence electrons. The Kier molecular flexibility index (Phi) is 5.58. The van der Waals surface area contributed by atoms with Crippen molar-refractivity contribution >= 4 is 10.9 Å². The third-order valence-corrected chi connectivity index (χ3v) is 5.70. The zero-order valence-corrected chi connectivity index (χ0v) is 17.5. The van der Waals surface area contributed by atoms with Crippen molar-refractivity contribution < 1.29 is 18.3 Å². The van der Waals surface area contributed by atoms with Gasteiger partial charge in [0.1, 0.15) is 0 Å². The molecular formula is C24H26F3NO2. The number of nitrogens with zero attached hydrogens (tertiary/aromatic N) is 1. The quantitative estimate of drug-likeness (QED) is 0.614. The molecule has 0 saturated carbocycles. The summed E-state index contributed by atoms with van der Waals surface area (Å²) in [5, 5.41) is 11.3. The number of hydrogen-bond donors (Lipinski definition) is 1. The maximum atomic E-state index is 14.2. The topological polar surface area (TPSA) is 42.2 Å². The number of aryl methyl sites for hydroxylation is 2. The summed E-state index contributed by atoms with van der Waals surface area (Å²) in [5.41, 5.74) is -1.23. The zero-order valence-electron chi connectivity index (χ0n) is 17.5. The van der Waals surface area contributed by atoms with Gasteiger partial charge in [0.15, 0.2) is 11.0 Å². The Labute approximate surface area is 173 Å². The van der Waals surface area contributed by atoms with E-state index >= 15 is 0 Å². The summed E-state index contributed by atoms with van der Waals surface area (Å²) < 4.78 is 43.8. The second kappa shape index (κ2) is 7.58. The van der Waals surface area contributed by atoms with Gasteiger partial charge in [0.05, 0.1) is 12.1 Å². The summed E-state index contributed by atoms with van der Waals surface area (Å²) in [5.74, 6) is 0. The van der Waals surface area contributed by atoms with Crippen molar-refractivity contribution in [2.24, 2.45) is 0 Å². The standard InChI is InChI=1S/C24H26F3NO2/c1-16-9-10-17(2)19(13-16)22(3,4)14-23(30,24(25,26)27)15-28-12-11-21(29)18-7-5-6-8-20(18)28/h5-13,30H,14-15H2,1-4H3. The molecule has 0 aliphatic rings. The smallest absolute Gasteiger partial charge is 0.379 e. The largest absolute Gasteiger partial charge is 0.418 e. The van der Waals surface area contributed by atoms with Gasteiger partial charge in [-0.2, -0.15) is 13.2 Å². The molecule has 3 aromatic rings. The number of alkyl halides is 3. The van der Waals surface area contributed by atoms with Crippen molar-refractivity contribution in [1.29, 1.82) is 0 Å². The van der Waals surface area contributed by atoms with Gasteiger partial charge < -0.3 is 9.67 Å². The minimum Gasteiger partial charge on any atom is -0.379 e. The van der Waals surface area contributed by atoms with E-state index in [0.717, 1.165) is 16.7 Å². The minimum absolute atomic E-state index is 0.270. The molecule has 1 aromatic heterocycles. The van der Waals surface area contributed by atoms with Crippen molar-refractivity contribution in [3.8, 4) is 0 Å². The highest BCUT2D eigenvalue weighted by molar-refractivity contribution is 5.78. The van der Waals surface area contributed by atoms with Crippen molar-refractivity contribution in [2.45, 2.75) is 57.9 Å². The Morgan fingerprint density at radius 3 is 2.33 bits per heavy atom. The van der Waals surface area contributed by atoms with Gasteiger partial charge >= 0.3 is 6.18 Å². The molecule has 0 fully saturated rings. The second-order valence-corrected chi connectivity index (χ2v) is 8.73. The van der Waals surface area contributed by atoms with Gasteiger partial charge in [-0.05, 0) is 48.9 Å². The van der Waals surface area contributed by atoms with Gasteiger partial charge in [0.2, 0.25) is 0 Å². The van der Waals surface area contributed by atoms with Crippen molar-refractivity contribution in [3.63, 3.8) is 0 Å². The summed E-state index contributed by atoms with van der Waals surface area (Å²) in [7, 11) is 0. The van der Waals surface area contributed by atoms with Crippen LogP contribution in [0.1, 0.15) is 37.0 Å². The van der Waals surface area contributed by atoms with Crippen LogP contribution < -0.4 is 5.43 Å². The van der Waals surface area contributed by atoms with E-state index in [1.165, 1.54) is 16.8 Å². The predicted octanol–water partition coefficient (Wildman–Crippen LogP) is 5.28. The van der Waals surface area contributed by atoms with E-state index in [2.05, 4.69) is 0 Å². The minimum atomic E-state index is -4.85. The van der Waals surface area contributed by atoms with Crippen LogP contribution in [0.5, 0.6) is 0 Å². The highest BCUT2D eigenvalue weighted by atomic mass is 19.4. The second-order valence-electron chi connectivity index (χ2n) is 8.73. The van der Waals surface area contributed by atoms with E-state index in [-0.39, 0.29) is 5.43 Å². The molecule has 0 bridgehead atoms. The van der Waals surface area contributed by atoms with Crippen LogP contribution in [-0.2, 0) is 12.0 Å². The molecule has 0 spiro atoms. The van der Waals surface area contributed by atoms with Crippen LogP contribution in [0.15, 0.2) is 59.5 Å². The molecule has 1 N–H and O–H groups in total. The number of rotatable bonds is 5. The number of pyridine rings is 1. The number of halogens is 3. The van der Waals surface area contributed by atoms with Crippen LogP contribution in [0.3, 0.4) is 0 Å². The Morgan fingerprint density at radius 2 is 1.67 bits per heavy atom. The fourth-order valence-corrected chi connectivity index (χ4v) is 4.22. The lowest BCUT2D eigenvalue weighted by molar-refractivity contribution is -0.271. The van der Waals surface area contributed by atoms with Gasteiger partial charge in [-0.3, -0.25) is 4.79 Å². The lowest BCUT2D eigenvalue weighted by Crippen LogP contribution is -2.52. The maximum absolute atomic E-state index is 14.2. The fraction of sp³-hybridized carbons (Fsp3) is 0.375. The molecule has 0 saturated heterocycles. The molecule has 0 radical (unpaired) electrons. The first-order valence-electron chi connectivity index (χ1n) is 9.79. The number of fused-ring (bicyclic) bond motifs is 1. The Hall–Kier alpha value is -2.60. The average Bonchev–Trinajstić information content (AvgIpc) is 2.65. The number of benzene rings is 2. The van der Waals surface area contributed by atoms with Gasteiger partial charge in [-0.15, -0.1) is 0 Å². The third kappa shape index (κ3) is 4.15. The number of para-hydroxylation sites is 1. The Morgan fingerprint density at radius 1 is 1.00 bits per heavy atom. The van der Waals surface area contributed by atoms with Crippen LogP contribution in [0, 0.1) is 13.8 Å². The first kappa shape index (κ1) is 22.1. The molecule has 2 aromatic carbocycles. The average molecular weight is 417 g/mol.